The summed E-state index contributed by atoms with van der Waals surface area (Å²) in [6.07, 6.45) is 0. The van der Waals surface area contributed by atoms with Gasteiger partial charge in [-0.15, -0.1) is 0 Å². The summed E-state index contributed by atoms with van der Waals surface area (Å²) in [6, 6.07) is 18.0. The van der Waals surface area contributed by atoms with Gasteiger partial charge in [0.05, 0.1) is 33.1 Å². The van der Waals surface area contributed by atoms with E-state index in [0.717, 1.165) is 5.69 Å². The standard InChI is InChI=1S/C24H21N5O2S/c1-15-4-7-17(8-5-15)28-13-27-23-18(11-25)22(19(12-26)24(32)29(23)14-28)16-6-9-20(30-2)21(10-16)31-3/h4-10,27H,13-14H2,1-3H3. The minimum atomic E-state index is 0.278. The van der Waals surface area contributed by atoms with E-state index in [1.165, 1.54) is 5.56 Å². The molecule has 2 heterocycles. The first-order valence-corrected chi connectivity index (χ1v) is 10.3. The van der Waals surface area contributed by atoms with Crippen LogP contribution in [0.2, 0.25) is 0 Å². The Balaban J connectivity index is 1.89. The van der Waals surface area contributed by atoms with Crippen LogP contribution >= 0.6 is 12.2 Å². The first-order valence-electron chi connectivity index (χ1n) is 9.91. The number of hydrogen-bond donors (Lipinski definition) is 1. The third-order valence-corrected chi connectivity index (χ3v) is 5.93. The van der Waals surface area contributed by atoms with Gasteiger partial charge >= 0.3 is 0 Å². The third-order valence-electron chi connectivity index (χ3n) is 5.51. The second-order valence-electron chi connectivity index (χ2n) is 7.35. The van der Waals surface area contributed by atoms with Crippen molar-refractivity contribution in [2.45, 2.75) is 13.6 Å². The monoisotopic (exact) mass is 443 g/mol. The van der Waals surface area contributed by atoms with E-state index in [-0.39, 0.29) is 5.56 Å². The van der Waals surface area contributed by atoms with Gasteiger partial charge in [-0.05, 0) is 36.8 Å². The number of anilines is 2. The second-order valence-corrected chi connectivity index (χ2v) is 7.74. The van der Waals surface area contributed by atoms with Crippen LogP contribution in [-0.2, 0) is 6.67 Å². The summed E-state index contributed by atoms with van der Waals surface area (Å²) in [4.78, 5) is 2.10. The molecule has 0 aliphatic carbocycles. The number of methoxy groups -OCH3 is 2. The summed E-state index contributed by atoms with van der Waals surface area (Å²) in [5.41, 5.74) is 3.99. The van der Waals surface area contributed by atoms with Crippen LogP contribution < -0.4 is 19.7 Å². The van der Waals surface area contributed by atoms with Crippen LogP contribution in [-0.4, -0.2) is 25.5 Å². The Morgan fingerprint density at radius 1 is 0.969 bits per heavy atom. The second kappa shape index (κ2) is 8.62. The Hall–Kier alpha value is -4.01. The van der Waals surface area contributed by atoms with Gasteiger partial charge in [0, 0.05) is 11.3 Å². The van der Waals surface area contributed by atoms with Gasteiger partial charge in [0.1, 0.15) is 28.2 Å². The molecule has 0 saturated heterocycles. The molecule has 4 rings (SSSR count). The van der Waals surface area contributed by atoms with Crippen molar-refractivity contribution < 1.29 is 9.47 Å². The molecule has 1 N–H and O–H groups in total. The summed E-state index contributed by atoms with van der Waals surface area (Å²) < 4.78 is 12.9. The lowest BCUT2D eigenvalue weighted by Crippen LogP contribution is -2.38. The molecule has 0 bridgehead atoms. The maximum Gasteiger partial charge on any atom is 0.161 e. The number of rotatable bonds is 4. The lowest BCUT2D eigenvalue weighted by atomic mass is 9.96. The Morgan fingerprint density at radius 3 is 2.28 bits per heavy atom. The van der Waals surface area contributed by atoms with Crippen LogP contribution in [0.3, 0.4) is 0 Å². The summed E-state index contributed by atoms with van der Waals surface area (Å²) >= 11 is 5.71. The Morgan fingerprint density at radius 2 is 1.66 bits per heavy atom. The molecule has 160 valence electrons. The fourth-order valence-electron chi connectivity index (χ4n) is 3.85. The van der Waals surface area contributed by atoms with Gasteiger partial charge < -0.3 is 19.7 Å². The van der Waals surface area contributed by atoms with E-state index in [4.69, 9.17) is 21.7 Å². The van der Waals surface area contributed by atoms with Crippen LogP contribution in [0.25, 0.3) is 11.1 Å². The quantitative estimate of drug-likeness (QED) is 0.580. The first kappa shape index (κ1) is 21.2. The average Bonchev–Trinajstić information content (AvgIpc) is 2.83. The SMILES string of the molecule is COc1ccc(-c2c(C#N)c3n(c(=S)c2C#N)CN(c2ccc(C)cc2)CN3)cc1OC. The van der Waals surface area contributed by atoms with Crippen LogP contribution in [0.5, 0.6) is 11.5 Å². The average molecular weight is 444 g/mol. The Kier molecular flexibility index (Phi) is 5.72. The summed E-state index contributed by atoms with van der Waals surface area (Å²) in [7, 11) is 3.10. The van der Waals surface area contributed by atoms with E-state index >= 15 is 0 Å². The molecule has 0 amide bonds. The summed E-state index contributed by atoms with van der Waals surface area (Å²) in [6.45, 7) is 2.97. The lowest BCUT2D eigenvalue weighted by Gasteiger charge is -2.34. The molecular formula is C24H21N5O2S. The predicted octanol–water partition coefficient (Wildman–Crippen LogP) is 4.80. The maximum atomic E-state index is 10.1. The maximum absolute atomic E-state index is 10.1. The van der Waals surface area contributed by atoms with E-state index in [2.05, 4.69) is 22.4 Å². The number of hydrogen-bond acceptors (Lipinski definition) is 7. The predicted molar refractivity (Wildman–Crippen MR) is 125 cm³/mol. The smallest absolute Gasteiger partial charge is 0.161 e. The largest absolute Gasteiger partial charge is 0.493 e. The molecule has 1 aliphatic heterocycles. The van der Waals surface area contributed by atoms with Gasteiger partial charge in [-0.2, -0.15) is 10.5 Å². The van der Waals surface area contributed by atoms with Crippen LogP contribution in [0.4, 0.5) is 11.5 Å². The van der Waals surface area contributed by atoms with Crippen LogP contribution in [0, 0.1) is 34.2 Å². The molecule has 0 radical (unpaired) electrons. The van der Waals surface area contributed by atoms with Gasteiger partial charge in [0.25, 0.3) is 0 Å². The third kappa shape index (κ3) is 3.51. The van der Waals surface area contributed by atoms with Crippen molar-refractivity contribution in [2.24, 2.45) is 0 Å². The molecule has 0 spiro atoms. The molecule has 8 heteroatoms. The number of pyridine rings is 1. The summed E-state index contributed by atoms with van der Waals surface area (Å²) in [5.74, 6) is 1.67. The molecule has 2 aromatic carbocycles. The zero-order valence-electron chi connectivity index (χ0n) is 18.0. The van der Waals surface area contributed by atoms with Crippen molar-refractivity contribution in [3.8, 4) is 34.8 Å². The van der Waals surface area contributed by atoms with Gasteiger partial charge in [-0.25, -0.2) is 0 Å². The zero-order chi connectivity index (χ0) is 22.8. The van der Waals surface area contributed by atoms with Crippen molar-refractivity contribution in [2.75, 3.05) is 31.1 Å². The van der Waals surface area contributed by atoms with E-state index in [1.807, 2.05) is 31.2 Å². The van der Waals surface area contributed by atoms with Crippen molar-refractivity contribution in [1.82, 2.24) is 4.57 Å². The number of benzene rings is 2. The molecule has 0 fully saturated rings. The van der Waals surface area contributed by atoms with Crippen LogP contribution in [0.1, 0.15) is 16.7 Å². The van der Waals surface area contributed by atoms with Gasteiger partial charge in [-0.1, -0.05) is 36.0 Å². The number of fused-ring (bicyclic) bond motifs is 1. The molecule has 1 aromatic heterocycles. The van der Waals surface area contributed by atoms with Gasteiger partial charge in [-0.3, -0.25) is 4.57 Å². The van der Waals surface area contributed by atoms with Crippen LogP contribution in [0.15, 0.2) is 42.5 Å². The molecule has 3 aromatic rings. The highest BCUT2D eigenvalue weighted by molar-refractivity contribution is 7.71. The number of ether oxygens (including phenoxy) is 2. The number of nitriles is 2. The number of nitrogens with zero attached hydrogens (tertiary/aromatic N) is 4. The number of aromatic nitrogens is 1. The minimum absolute atomic E-state index is 0.278. The van der Waals surface area contributed by atoms with E-state index in [1.54, 1.807) is 37.0 Å². The molecule has 1 aliphatic rings. The van der Waals surface area contributed by atoms with Crippen molar-refractivity contribution in [3.05, 3.63) is 63.8 Å². The molecule has 32 heavy (non-hydrogen) atoms. The fraction of sp³-hybridized carbons (Fsp3) is 0.208. The van der Waals surface area contributed by atoms with Gasteiger partial charge in [0.2, 0.25) is 0 Å². The highest BCUT2D eigenvalue weighted by atomic mass is 32.1. The van der Waals surface area contributed by atoms with Gasteiger partial charge in [0.15, 0.2) is 11.5 Å². The number of nitrogens with one attached hydrogen (secondary N) is 1. The van der Waals surface area contributed by atoms with E-state index < -0.39 is 0 Å². The highest BCUT2D eigenvalue weighted by Crippen LogP contribution is 2.39. The van der Waals surface area contributed by atoms with Crippen molar-refractivity contribution >= 4 is 23.7 Å². The van der Waals surface area contributed by atoms with Crippen molar-refractivity contribution in [1.29, 1.82) is 10.5 Å². The Labute approximate surface area is 191 Å². The molecule has 0 unspecified atom stereocenters. The normalized spacial score (nSPS) is 12.2. The van der Waals surface area contributed by atoms with E-state index in [9.17, 15) is 10.5 Å². The lowest BCUT2D eigenvalue weighted by molar-refractivity contribution is 0.355. The molecular weight excluding hydrogens is 422 g/mol. The van der Waals surface area contributed by atoms with E-state index in [0.29, 0.717) is 52.0 Å². The zero-order valence-corrected chi connectivity index (χ0v) is 18.8. The molecule has 0 saturated carbocycles. The fourth-order valence-corrected chi connectivity index (χ4v) is 4.15. The summed E-state index contributed by atoms with van der Waals surface area (Å²) in [5, 5.41) is 23.4. The molecule has 0 atom stereocenters. The van der Waals surface area contributed by atoms with Crippen molar-refractivity contribution in [3.63, 3.8) is 0 Å². The first-order chi connectivity index (χ1) is 15.5. The minimum Gasteiger partial charge on any atom is -0.493 e. The Bertz CT molecular complexity index is 1330. The molecule has 7 nitrogen and oxygen atoms in total. The number of aryl methyl sites for hydroxylation is 1. The topological polar surface area (TPSA) is 86.2 Å². The highest BCUT2D eigenvalue weighted by Gasteiger charge is 2.26.